The molecule has 0 radical (unpaired) electrons. The zero-order chi connectivity index (χ0) is 13.3. The van der Waals surface area contributed by atoms with Crippen molar-refractivity contribution in [2.45, 2.75) is 0 Å². The fraction of sp³-hybridized carbons (Fsp3) is 0. The van der Waals surface area contributed by atoms with Crippen LogP contribution in [-0.2, 0) is 0 Å². The highest BCUT2D eigenvalue weighted by Gasteiger charge is 2.21. The molecular formula is C10H6ClFN4O2. The van der Waals surface area contributed by atoms with Crippen LogP contribution in [0, 0.1) is 15.9 Å². The lowest BCUT2D eigenvalue weighted by atomic mass is 10.2. The van der Waals surface area contributed by atoms with Gasteiger partial charge in [-0.1, -0.05) is 11.6 Å². The van der Waals surface area contributed by atoms with E-state index in [2.05, 4.69) is 9.97 Å². The minimum Gasteiger partial charge on any atom is -0.378 e. The van der Waals surface area contributed by atoms with E-state index < -0.39 is 16.4 Å². The van der Waals surface area contributed by atoms with Gasteiger partial charge in [0.1, 0.15) is 5.82 Å². The van der Waals surface area contributed by atoms with E-state index in [0.29, 0.717) is 5.56 Å². The Balaban J connectivity index is 2.54. The van der Waals surface area contributed by atoms with Gasteiger partial charge in [0, 0.05) is 5.56 Å². The smallest absolute Gasteiger partial charge is 0.348 e. The molecule has 1 aromatic heterocycles. The minimum atomic E-state index is -0.758. The molecule has 92 valence electrons. The molecule has 0 fully saturated rings. The maximum Gasteiger partial charge on any atom is 0.348 e. The summed E-state index contributed by atoms with van der Waals surface area (Å²) in [7, 11) is 0. The number of aromatic nitrogens is 2. The molecule has 2 aromatic rings. The van der Waals surface area contributed by atoms with Crippen LogP contribution in [-0.4, -0.2) is 14.9 Å². The lowest BCUT2D eigenvalue weighted by Gasteiger charge is -2.03. The van der Waals surface area contributed by atoms with E-state index in [1.165, 1.54) is 24.3 Å². The molecule has 0 saturated heterocycles. The summed E-state index contributed by atoms with van der Waals surface area (Å²) in [6.07, 6.45) is 0. The van der Waals surface area contributed by atoms with Gasteiger partial charge in [-0.2, -0.15) is 0 Å². The monoisotopic (exact) mass is 268 g/mol. The fourth-order valence-corrected chi connectivity index (χ4v) is 1.59. The Kier molecular flexibility index (Phi) is 3.07. The topological polar surface area (TPSA) is 94.9 Å². The quantitative estimate of drug-likeness (QED) is 0.513. The maximum absolute atomic E-state index is 12.8. The van der Waals surface area contributed by atoms with Crippen molar-refractivity contribution in [1.29, 1.82) is 0 Å². The summed E-state index contributed by atoms with van der Waals surface area (Å²) >= 11 is 5.66. The first-order chi connectivity index (χ1) is 8.49. The molecule has 0 atom stereocenters. The van der Waals surface area contributed by atoms with Gasteiger partial charge < -0.3 is 5.73 Å². The highest BCUT2D eigenvalue weighted by molar-refractivity contribution is 6.32. The zero-order valence-corrected chi connectivity index (χ0v) is 9.56. The van der Waals surface area contributed by atoms with E-state index in [-0.39, 0.29) is 16.8 Å². The number of anilines is 1. The molecule has 1 heterocycles. The Morgan fingerprint density at radius 3 is 2.39 bits per heavy atom. The molecule has 0 aliphatic rings. The van der Waals surface area contributed by atoms with E-state index in [1.54, 1.807) is 0 Å². The van der Waals surface area contributed by atoms with E-state index in [1.807, 2.05) is 0 Å². The third-order valence-corrected chi connectivity index (χ3v) is 2.42. The van der Waals surface area contributed by atoms with Crippen molar-refractivity contribution in [3.05, 3.63) is 45.4 Å². The van der Waals surface area contributed by atoms with Crippen LogP contribution in [0.2, 0.25) is 5.15 Å². The summed E-state index contributed by atoms with van der Waals surface area (Å²) in [5.74, 6) is -0.651. The molecule has 2 rings (SSSR count). The summed E-state index contributed by atoms with van der Waals surface area (Å²) in [5, 5.41) is 10.3. The second-order valence-corrected chi connectivity index (χ2v) is 3.69. The number of nitrogens with two attached hydrogens (primary N) is 1. The number of benzene rings is 1. The molecule has 0 saturated carbocycles. The second kappa shape index (κ2) is 4.53. The molecular weight excluding hydrogens is 263 g/mol. The van der Waals surface area contributed by atoms with E-state index in [9.17, 15) is 14.5 Å². The lowest BCUT2D eigenvalue weighted by Crippen LogP contribution is -2.03. The van der Waals surface area contributed by atoms with E-state index >= 15 is 0 Å². The molecule has 0 spiro atoms. The average Bonchev–Trinajstić information content (AvgIpc) is 2.28. The van der Waals surface area contributed by atoms with Crippen LogP contribution in [0.15, 0.2) is 24.3 Å². The number of hydrogen-bond donors (Lipinski definition) is 1. The lowest BCUT2D eigenvalue weighted by molar-refractivity contribution is -0.384. The minimum absolute atomic E-state index is 0.100. The first-order valence-electron chi connectivity index (χ1n) is 4.72. The third-order valence-electron chi connectivity index (χ3n) is 2.15. The summed E-state index contributed by atoms with van der Waals surface area (Å²) in [4.78, 5) is 17.4. The van der Waals surface area contributed by atoms with Crippen LogP contribution >= 0.6 is 11.6 Å². The molecule has 6 nitrogen and oxygen atoms in total. The Morgan fingerprint density at radius 1 is 1.28 bits per heavy atom. The predicted molar refractivity (Wildman–Crippen MR) is 63.5 cm³/mol. The zero-order valence-electron chi connectivity index (χ0n) is 8.80. The van der Waals surface area contributed by atoms with Gasteiger partial charge in [-0.05, 0) is 24.3 Å². The van der Waals surface area contributed by atoms with Crippen molar-refractivity contribution in [2.75, 3.05) is 5.73 Å². The number of rotatable bonds is 2. The first kappa shape index (κ1) is 12.2. The van der Waals surface area contributed by atoms with Crippen LogP contribution in [0.3, 0.4) is 0 Å². The van der Waals surface area contributed by atoms with Crippen LogP contribution in [0.1, 0.15) is 0 Å². The van der Waals surface area contributed by atoms with Crippen molar-refractivity contribution in [1.82, 2.24) is 9.97 Å². The maximum atomic E-state index is 12.8. The third kappa shape index (κ3) is 2.21. The van der Waals surface area contributed by atoms with Crippen LogP contribution in [0.25, 0.3) is 11.4 Å². The van der Waals surface area contributed by atoms with Crippen molar-refractivity contribution >= 4 is 23.1 Å². The number of nitrogen functional groups attached to an aromatic ring is 1. The summed E-state index contributed by atoms with van der Waals surface area (Å²) < 4.78 is 12.8. The molecule has 2 N–H and O–H groups in total. The van der Waals surface area contributed by atoms with Crippen molar-refractivity contribution in [3.63, 3.8) is 0 Å². The van der Waals surface area contributed by atoms with Gasteiger partial charge in [-0.25, -0.2) is 14.4 Å². The Morgan fingerprint density at radius 2 is 1.89 bits per heavy atom. The second-order valence-electron chi connectivity index (χ2n) is 3.34. The van der Waals surface area contributed by atoms with Crippen molar-refractivity contribution < 1.29 is 9.31 Å². The van der Waals surface area contributed by atoms with Gasteiger partial charge in [0.15, 0.2) is 5.82 Å². The Labute approximate surface area is 105 Å². The molecule has 0 amide bonds. The number of nitro groups is 1. The van der Waals surface area contributed by atoms with Gasteiger partial charge in [0.05, 0.1) is 4.92 Å². The molecule has 0 aliphatic heterocycles. The normalized spacial score (nSPS) is 10.3. The van der Waals surface area contributed by atoms with Gasteiger partial charge in [0.2, 0.25) is 11.0 Å². The summed E-state index contributed by atoms with van der Waals surface area (Å²) in [6, 6.07) is 5.27. The number of hydrogen-bond acceptors (Lipinski definition) is 5. The molecule has 18 heavy (non-hydrogen) atoms. The van der Waals surface area contributed by atoms with E-state index in [0.717, 1.165) is 0 Å². The standard InChI is InChI=1S/C10H6ClFN4O2/c11-8-7(16(17)18)9(13)15-10(14-8)5-1-3-6(12)4-2-5/h1-4H,(H2,13,14,15). The Bertz CT molecular complexity index is 595. The van der Waals surface area contributed by atoms with Gasteiger partial charge >= 0.3 is 5.69 Å². The van der Waals surface area contributed by atoms with Gasteiger partial charge in [-0.3, -0.25) is 10.1 Å². The van der Waals surface area contributed by atoms with E-state index in [4.69, 9.17) is 17.3 Å². The van der Waals surface area contributed by atoms with Gasteiger partial charge in [-0.15, -0.1) is 0 Å². The highest BCUT2D eigenvalue weighted by atomic mass is 35.5. The SMILES string of the molecule is Nc1nc(-c2ccc(F)cc2)nc(Cl)c1[N+](=O)[O-]. The summed E-state index contributed by atoms with van der Waals surface area (Å²) in [6.45, 7) is 0. The largest absolute Gasteiger partial charge is 0.378 e. The number of nitrogens with zero attached hydrogens (tertiary/aromatic N) is 3. The van der Waals surface area contributed by atoms with Crippen LogP contribution in [0.5, 0.6) is 0 Å². The fourth-order valence-electron chi connectivity index (χ4n) is 1.34. The Hall–Kier alpha value is -2.28. The van der Waals surface area contributed by atoms with Crippen molar-refractivity contribution in [3.8, 4) is 11.4 Å². The number of halogens is 2. The molecule has 1 aromatic carbocycles. The molecule has 8 heteroatoms. The van der Waals surface area contributed by atoms with Gasteiger partial charge in [0.25, 0.3) is 0 Å². The molecule has 0 bridgehead atoms. The molecule has 0 unspecified atom stereocenters. The average molecular weight is 269 g/mol. The van der Waals surface area contributed by atoms with Crippen molar-refractivity contribution in [2.24, 2.45) is 0 Å². The first-order valence-corrected chi connectivity index (χ1v) is 5.10. The summed E-state index contributed by atoms with van der Waals surface area (Å²) in [5.41, 5.74) is 5.36. The highest BCUT2D eigenvalue weighted by Crippen LogP contribution is 2.30. The molecule has 0 aliphatic carbocycles. The van der Waals surface area contributed by atoms with Crippen LogP contribution < -0.4 is 5.73 Å². The predicted octanol–water partition coefficient (Wildman–Crippen LogP) is 2.43. The van der Waals surface area contributed by atoms with Crippen LogP contribution in [0.4, 0.5) is 15.9 Å².